The van der Waals surface area contributed by atoms with E-state index in [4.69, 9.17) is 0 Å². The highest BCUT2D eigenvalue weighted by Crippen LogP contribution is 2.21. The molecule has 0 bridgehead atoms. The molecule has 0 atom stereocenters. The van der Waals surface area contributed by atoms with Crippen LogP contribution in [-0.4, -0.2) is 10.5 Å². The van der Waals surface area contributed by atoms with Crippen LogP contribution in [0.15, 0.2) is 59.6 Å². The summed E-state index contributed by atoms with van der Waals surface area (Å²) in [5, 5.41) is 2.17. The summed E-state index contributed by atoms with van der Waals surface area (Å²) in [7, 11) is 1.96. The van der Waals surface area contributed by atoms with Gasteiger partial charge in [-0.25, -0.2) is 0 Å². The van der Waals surface area contributed by atoms with Crippen molar-refractivity contribution in [2.24, 2.45) is 12.0 Å². The number of fused-ring (bicyclic) bond motifs is 2. The first-order valence-electron chi connectivity index (χ1n) is 8.17. The van der Waals surface area contributed by atoms with Gasteiger partial charge in [-0.05, 0) is 60.0 Å². The normalized spacial score (nSPS) is 12.2. The number of thiazole rings is 1. The number of hydrogen-bond donors (Lipinski definition) is 0. The van der Waals surface area contributed by atoms with Gasteiger partial charge in [0, 0.05) is 12.6 Å². The van der Waals surface area contributed by atoms with E-state index >= 15 is 0 Å². The molecule has 4 aromatic rings. The first kappa shape index (κ1) is 15.8. The lowest BCUT2D eigenvalue weighted by Crippen LogP contribution is -2.13. The fraction of sp³-hybridized carbons (Fsp3) is 0.143. The molecule has 0 N–H and O–H groups in total. The quantitative estimate of drug-likeness (QED) is 0.490. The smallest absolute Gasteiger partial charge is 0.279 e. The van der Waals surface area contributed by atoms with Crippen LogP contribution in [0, 0.1) is 13.8 Å². The average molecular weight is 346 g/mol. The Kier molecular flexibility index (Phi) is 3.77. The molecule has 0 saturated heterocycles. The molecular weight excluding hydrogens is 328 g/mol. The third kappa shape index (κ3) is 2.79. The fourth-order valence-electron chi connectivity index (χ4n) is 2.96. The zero-order valence-electron chi connectivity index (χ0n) is 14.4. The summed E-state index contributed by atoms with van der Waals surface area (Å²) >= 11 is 1.55. The van der Waals surface area contributed by atoms with Crippen molar-refractivity contribution in [1.82, 2.24) is 4.57 Å². The van der Waals surface area contributed by atoms with E-state index in [1.807, 2.05) is 54.1 Å². The van der Waals surface area contributed by atoms with Gasteiger partial charge < -0.3 is 4.57 Å². The first-order chi connectivity index (χ1) is 12.0. The number of benzene rings is 3. The van der Waals surface area contributed by atoms with Crippen LogP contribution < -0.4 is 4.80 Å². The second kappa shape index (κ2) is 5.97. The molecule has 0 saturated carbocycles. The largest absolute Gasteiger partial charge is 0.319 e. The van der Waals surface area contributed by atoms with Gasteiger partial charge in [-0.3, -0.25) is 4.79 Å². The van der Waals surface area contributed by atoms with E-state index in [1.165, 1.54) is 11.1 Å². The van der Waals surface area contributed by atoms with Gasteiger partial charge in [-0.1, -0.05) is 41.7 Å². The predicted molar refractivity (Wildman–Crippen MR) is 104 cm³/mol. The van der Waals surface area contributed by atoms with Crippen LogP contribution in [0.25, 0.3) is 21.0 Å². The summed E-state index contributed by atoms with van der Waals surface area (Å²) in [5.41, 5.74) is 4.22. The molecule has 4 rings (SSSR count). The van der Waals surface area contributed by atoms with Crippen molar-refractivity contribution in [3.63, 3.8) is 0 Å². The fourth-order valence-corrected chi connectivity index (χ4v) is 4.06. The standard InChI is InChI=1S/C21H18N2OS/c1-13-10-18-19(11-14(13)2)25-21(23(18)3)22-20(24)17-9-8-15-6-4-5-7-16(15)12-17/h4-12H,1-3H3. The lowest BCUT2D eigenvalue weighted by molar-refractivity contribution is 0.0998. The molecular formula is C21H18N2OS. The predicted octanol–water partition coefficient (Wildman–Crippen LogP) is 4.75. The van der Waals surface area contributed by atoms with E-state index in [-0.39, 0.29) is 5.91 Å². The van der Waals surface area contributed by atoms with Gasteiger partial charge in [0.15, 0.2) is 4.80 Å². The van der Waals surface area contributed by atoms with Crippen molar-refractivity contribution < 1.29 is 4.79 Å². The molecule has 0 unspecified atom stereocenters. The minimum atomic E-state index is -0.207. The molecule has 124 valence electrons. The molecule has 4 heteroatoms. The molecule has 3 nitrogen and oxygen atoms in total. The Labute approximate surface area is 149 Å². The summed E-state index contributed by atoms with van der Waals surface area (Å²) in [6.07, 6.45) is 0. The van der Waals surface area contributed by atoms with E-state index in [0.717, 1.165) is 25.8 Å². The molecule has 0 radical (unpaired) electrons. The van der Waals surface area contributed by atoms with Gasteiger partial charge in [-0.2, -0.15) is 4.99 Å². The van der Waals surface area contributed by atoms with Crippen molar-refractivity contribution in [3.05, 3.63) is 76.1 Å². The van der Waals surface area contributed by atoms with Crippen LogP contribution in [0.3, 0.4) is 0 Å². The van der Waals surface area contributed by atoms with E-state index < -0.39 is 0 Å². The highest BCUT2D eigenvalue weighted by Gasteiger charge is 2.09. The number of aryl methyl sites for hydroxylation is 3. The van der Waals surface area contributed by atoms with Crippen molar-refractivity contribution in [2.75, 3.05) is 0 Å². The van der Waals surface area contributed by atoms with Crippen LogP contribution in [0.5, 0.6) is 0 Å². The van der Waals surface area contributed by atoms with Crippen LogP contribution in [-0.2, 0) is 7.05 Å². The Morgan fingerprint density at radius 1 is 0.960 bits per heavy atom. The van der Waals surface area contributed by atoms with Gasteiger partial charge in [-0.15, -0.1) is 0 Å². The van der Waals surface area contributed by atoms with Crippen LogP contribution in [0.4, 0.5) is 0 Å². The highest BCUT2D eigenvalue weighted by molar-refractivity contribution is 7.16. The molecule has 0 aliphatic carbocycles. The summed E-state index contributed by atoms with van der Waals surface area (Å²) in [4.78, 5) is 17.7. The van der Waals surface area contributed by atoms with Gasteiger partial charge >= 0.3 is 0 Å². The van der Waals surface area contributed by atoms with E-state index in [9.17, 15) is 4.79 Å². The van der Waals surface area contributed by atoms with Crippen molar-refractivity contribution in [2.45, 2.75) is 13.8 Å². The SMILES string of the molecule is Cc1cc2sc(=NC(=O)c3ccc4ccccc4c3)n(C)c2cc1C. The van der Waals surface area contributed by atoms with Crippen LogP contribution >= 0.6 is 11.3 Å². The maximum absolute atomic E-state index is 12.6. The van der Waals surface area contributed by atoms with E-state index in [1.54, 1.807) is 11.3 Å². The topological polar surface area (TPSA) is 34.4 Å². The maximum atomic E-state index is 12.6. The zero-order chi connectivity index (χ0) is 17.6. The monoisotopic (exact) mass is 346 g/mol. The zero-order valence-corrected chi connectivity index (χ0v) is 15.2. The Hall–Kier alpha value is -2.72. The number of hydrogen-bond acceptors (Lipinski definition) is 2. The molecule has 0 aliphatic heterocycles. The lowest BCUT2D eigenvalue weighted by atomic mass is 10.1. The third-order valence-corrected chi connectivity index (χ3v) is 5.71. The number of carbonyl (C=O) groups is 1. The lowest BCUT2D eigenvalue weighted by Gasteiger charge is -2.01. The van der Waals surface area contributed by atoms with Crippen molar-refractivity contribution in [1.29, 1.82) is 0 Å². The number of amides is 1. The Morgan fingerprint density at radius 2 is 1.68 bits per heavy atom. The van der Waals surface area contributed by atoms with Crippen LogP contribution in [0.2, 0.25) is 0 Å². The molecule has 1 heterocycles. The van der Waals surface area contributed by atoms with Crippen LogP contribution in [0.1, 0.15) is 21.5 Å². The first-order valence-corrected chi connectivity index (χ1v) is 8.99. The van der Waals surface area contributed by atoms with Crippen molar-refractivity contribution >= 4 is 38.2 Å². The minimum Gasteiger partial charge on any atom is -0.319 e. The molecule has 1 aromatic heterocycles. The summed E-state index contributed by atoms with van der Waals surface area (Å²) in [5.74, 6) is -0.207. The van der Waals surface area contributed by atoms with Gasteiger partial charge in [0.1, 0.15) is 0 Å². The number of nitrogens with zero attached hydrogens (tertiary/aromatic N) is 2. The summed E-state index contributed by atoms with van der Waals surface area (Å²) < 4.78 is 3.14. The maximum Gasteiger partial charge on any atom is 0.279 e. The minimum absolute atomic E-state index is 0.207. The van der Waals surface area contributed by atoms with Gasteiger partial charge in [0.2, 0.25) is 0 Å². The molecule has 25 heavy (non-hydrogen) atoms. The Morgan fingerprint density at radius 3 is 2.48 bits per heavy atom. The molecule has 0 aliphatic rings. The number of aromatic nitrogens is 1. The van der Waals surface area contributed by atoms with E-state index in [2.05, 4.69) is 31.0 Å². The van der Waals surface area contributed by atoms with Gasteiger partial charge in [0.25, 0.3) is 5.91 Å². The molecule has 0 spiro atoms. The summed E-state index contributed by atoms with van der Waals surface area (Å²) in [6.45, 7) is 4.20. The molecule has 0 fully saturated rings. The Balaban J connectivity index is 1.82. The molecule has 1 amide bonds. The average Bonchev–Trinajstić information content (AvgIpc) is 2.90. The number of rotatable bonds is 1. The molecule has 3 aromatic carbocycles. The summed E-state index contributed by atoms with van der Waals surface area (Å²) in [6, 6.07) is 18.1. The Bertz CT molecular complexity index is 1200. The van der Waals surface area contributed by atoms with Gasteiger partial charge in [0.05, 0.1) is 10.2 Å². The second-order valence-corrected chi connectivity index (χ2v) is 7.34. The second-order valence-electron chi connectivity index (χ2n) is 6.33. The van der Waals surface area contributed by atoms with E-state index in [0.29, 0.717) is 5.56 Å². The van der Waals surface area contributed by atoms with Crippen molar-refractivity contribution in [3.8, 4) is 0 Å². The third-order valence-electron chi connectivity index (χ3n) is 4.62. The highest BCUT2D eigenvalue weighted by atomic mass is 32.1. The number of carbonyl (C=O) groups excluding carboxylic acids is 1.